The number of benzene rings is 3. The van der Waals surface area contributed by atoms with Crippen LogP contribution >= 0.6 is 11.8 Å². The van der Waals surface area contributed by atoms with Gasteiger partial charge in [-0.2, -0.15) is 0 Å². The Kier molecular flexibility index (Phi) is 7.88. The Balaban J connectivity index is 1.26. The van der Waals surface area contributed by atoms with Gasteiger partial charge >= 0.3 is 0 Å². The molecule has 0 bridgehead atoms. The van der Waals surface area contributed by atoms with Crippen LogP contribution in [0.5, 0.6) is 0 Å². The smallest absolute Gasteiger partial charge is 0.259 e. The molecule has 0 spiro atoms. The van der Waals surface area contributed by atoms with Crippen molar-refractivity contribution < 1.29 is 14.4 Å². The number of fused-ring (bicyclic) bond motifs is 3. The van der Waals surface area contributed by atoms with Gasteiger partial charge in [-0.3, -0.25) is 19.4 Å². The third-order valence-corrected chi connectivity index (χ3v) is 7.39. The molecular weight excluding hydrogens is 510 g/mol. The Hall–Kier alpha value is -4.24. The Morgan fingerprint density at radius 3 is 2.41 bits per heavy atom. The topological polar surface area (TPSA) is 103 Å². The number of carbonyl (C=O) groups is 3. The molecule has 1 atom stereocenters. The summed E-state index contributed by atoms with van der Waals surface area (Å²) in [4.78, 5) is 49.5. The summed E-state index contributed by atoms with van der Waals surface area (Å²) in [6, 6.07) is 23.9. The van der Waals surface area contributed by atoms with Crippen LogP contribution in [0.3, 0.4) is 0 Å². The van der Waals surface area contributed by atoms with Crippen molar-refractivity contribution in [2.45, 2.75) is 38.8 Å². The minimum atomic E-state index is -0.860. The third kappa shape index (κ3) is 6.09. The van der Waals surface area contributed by atoms with Crippen molar-refractivity contribution in [2.75, 3.05) is 11.1 Å². The van der Waals surface area contributed by atoms with Gasteiger partial charge in [0.25, 0.3) is 5.91 Å². The molecular formula is C30H29N5O3S. The van der Waals surface area contributed by atoms with Crippen LogP contribution in [0.1, 0.15) is 42.9 Å². The number of hydrogen-bond acceptors (Lipinski definition) is 6. The molecule has 2 heterocycles. The lowest BCUT2D eigenvalue weighted by Gasteiger charge is -2.25. The first-order chi connectivity index (χ1) is 18.9. The number of rotatable bonds is 8. The molecule has 39 heavy (non-hydrogen) atoms. The maximum absolute atomic E-state index is 13.4. The van der Waals surface area contributed by atoms with Gasteiger partial charge < -0.3 is 10.6 Å². The van der Waals surface area contributed by atoms with E-state index in [1.54, 1.807) is 0 Å². The molecule has 5 rings (SSSR count). The maximum atomic E-state index is 13.4. The van der Waals surface area contributed by atoms with Gasteiger partial charge in [0, 0.05) is 17.8 Å². The van der Waals surface area contributed by atoms with Crippen LogP contribution in [0, 0.1) is 0 Å². The van der Waals surface area contributed by atoms with Crippen molar-refractivity contribution >= 4 is 51.9 Å². The molecule has 0 saturated heterocycles. The number of amides is 3. The highest BCUT2D eigenvalue weighted by atomic mass is 32.2. The van der Waals surface area contributed by atoms with Crippen molar-refractivity contribution in [2.24, 2.45) is 9.98 Å². The molecule has 2 aliphatic heterocycles. The summed E-state index contributed by atoms with van der Waals surface area (Å²) in [5.74, 6) is 0.130. The minimum absolute atomic E-state index is 0.0617. The lowest BCUT2D eigenvalue weighted by atomic mass is 10.0. The van der Waals surface area contributed by atoms with E-state index in [9.17, 15) is 14.4 Å². The summed E-state index contributed by atoms with van der Waals surface area (Å²) in [6.45, 7) is 4.61. The second-order valence-electron chi connectivity index (χ2n) is 9.63. The van der Waals surface area contributed by atoms with Crippen LogP contribution < -0.4 is 10.6 Å². The first-order valence-corrected chi connectivity index (χ1v) is 13.8. The molecule has 0 saturated carbocycles. The molecule has 2 aliphatic rings. The summed E-state index contributed by atoms with van der Waals surface area (Å²) < 4.78 is 0. The Morgan fingerprint density at radius 2 is 1.67 bits per heavy atom. The largest absolute Gasteiger partial charge is 0.352 e. The standard InChI is InChI=1S/C30H29N5O3S/c1-19(2)21-12-14-22(15-13-21)32-27(37)18-39-30-34-24-11-7-6-10-23(24)28-33-25(29(38)35(28)30)16-26(36)31-17-20-8-4-3-5-9-20/h3-15,19,25H,16-18H2,1-2H3,(H,31,36)(H,32,37). The second-order valence-corrected chi connectivity index (χ2v) is 10.6. The van der Waals surface area contributed by atoms with Gasteiger partial charge in [-0.1, -0.05) is 80.2 Å². The van der Waals surface area contributed by atoms with E-state index in [-0.39, 0.29) is 29.9 Å². The summed E-state index contributed by atoms with van der Waals surface area (Å²) in [6.07, 6.45) is -0.0708. The number of anilines is 1. The number of carbonyl (C=O) groups excluding carboxylic acids is 3. The van der Waals surface area contributed by atoms with E-state index in [4.69, 9.17) is 0 Å². The van der Waals surface area contributed by atoms with E-state index in [1.807, 2.05) is 78.9 Å². The molecule has 0 fully saturated rings. The number of nitrogens with one attached hydrogen (secondary N) is 2. The Bertz CT molecular complexity index is 1450. The average molecular weight is 540 g/mol. The van der Waals surface area contributed by atoms with E-state index in [0.29, 0.717) is 34.8 Å². The van der Waals surface area contributed by atoms with Crippen LogP contribution in [0.4, 0.5) is 11.4 Å². The molecule has 0 aromatic heterocycles. The van der Waals surface area contributed by atoms with Gasteiger partial charge in [-0.05, 0) is 41.3 Å². The van der Waals surface area contributed by atoms with E-state index in [1.165, 1.54) is 22.2 Å². The lowest BCUT2D eigenvalue weighted by molar-refractivity contribution is -0.128. The second kappa shape index (κ2) is 11.7. The molecule has 3 aromatic carbocycles. The Labute approximate surface area is 231 Å². The zero-order chi connectivity index (χ0) is 27.4. The molecule has 8 nitrogen and oxygen atoms in total. The molecule has 1 unspecified atom stereocenters. The summed E-state index contributed by atoms with van der Waals surface area (Å²) >= 11 is 1.17. The Morgan fingerprint density at radius 1 is 0.949 bits per heavy atom. The number of para-hydroxylation sites is 1. The average Bonchev–Trinajstić information content (AvgIpc) is 3.27. The van der Waals surface area contributed by atoms with Gasteiger partial charge in [-0.15, -0.1) is 0 Å². The van der Waals surface area contributed by atoms with Crippen LogP contribution in [-0.2, 0) is 20.9 Å². The molecule has 198 valence electrons. The number of aliphatic imine (C=N–C) groups is 2. The van der Waals surface area contributed by atoms with Crippen molar-refractivity contribution in [3.63, 3.8) is 0 Å². The molecule has 0 radical (unpaired) electrons. The van der Waals surface area contributed by atoms with E-state index >= 15 is 0 Å². The highest BCUT2D eigenvalue weighted by molar-refractivity contribution is 8.14. The number of thioether (sulfide) groups is 1. The fourth-order valence-electron chi connectivity index (χ4n) is 4.35. The first-order valence-electron chi connectivity index (χ1n) is 12.8. The predicted octanol–water partition coefficient (Wildman–Crippen LogP) is 4.85. The third-order valence-electron chi connectivity index (χ3n) is 6.45. The normalized spacial score (nSPS) is 15.8. The van der Waals surface area contributed by atoms with Crippen LogP contribution in [0.15, 0.2) is 88.8 Å². The molecule has 3 aromatic rings. The van der Waals surface area contributed by atoms with E-state index in [0.717, 1.165) is 11.1 Å². The van der Waals surface area contributed by atoms with Crippen molar-refractivity contribution in [1.82, 2.24) is 10.2 Å². The number of nitrogens with zero attached hydrogens (tertiary/aromatic N) is 3. The zero-order valence-corrected chi connectivity index (χ0v) is 22.6. The molecule has 0 aliphatic carbocycles. The van der Waals surface area contributed by atoms with Crippen molar-refractivity contribution in [1.29, 1.82) is 0 Å². The zero-order valence-electron chi connectivity index (χ0n) is 21.8. The van der Waals surface area contributed by atoms with Gasteiger partial charge in [0.2, 0.25) is 11.8 Å². The number of hydrogen-bond donors (Lipinski definition) is 2. The summed E-state index contributed by atoms with van der Waals surface area (Å²) in [5.41, 5.74) is 4.27. The SMILES string of the molecule is CC(C)c1ccc(NC(=O)CSC2=Nc3ccccc3C3=NC(CC(=O)NCc4ccccc4)C(=O)N23)cc1. The van der Waals surface area contributed by atoms with Gasteiger partial charge in [-0.25, -0.2) is 9.89 Å². The van der Waals surface area contributed by atoms with Gasteiger partial charge in [0.15, 0.2) is 5.17 Å². The lowest BCUT2D eigenvalue weighted by Crippen LogP contribution is -2.42. The fourth-order valence-corrected chi connectivity index (χ4v) is 5.16. The van der Waals surface area contributed by atoms with Crippen LogP contribution in [0.2, 0.25) is 0 Å². The highest BCUT2D eigenvalue weighted by Gasteiger charge is 2.42. The monoisotopic (exact) mass is 539 g/mol. The summed E-state index contributed by atoms with van der Waals surface area (Å²) in [7, 11) is 0. The van der Waals surface area contributed by atoms with Gasteiger partial charge in [0.05, 0.1) is 17.9 Å². The quantitative estimate of drug-likeness (QED) is 0.427. The maximum Gasteiger partial charge on any atom is 0.259 e. The van der Waals surface area contributed by atoms with Crippen molar-refractivity contribution in [3.05, 3.63) is 95.6 Å². The minimum Gasteiger partial charge on any atom is -0.352 e. The first kappa shape index (κ1) is 26.4. The van der Waals surface area contributed by atoms with Gasteiger partial charge in [0.1, 0.15) is 11.9 Å². The van der Waals surface area contributed by atoms with E-state index in [2.05, 4.69) is 34.5 Å². The van der Waals surface area contributed by atoms with E-state index < -0.39 is 6.04 Å². The number of amidine groups is 2. The molecule has 2 N–H and O–H groups in total. The van der Waals surface area contributed by atoms with Crippen LogP contribution in [0.25, 0.3) is 0 Å². The van der Waals surface area contributed by atoms with Crippen LogP contribution in [-0.4, -0.2) is 45.4 Å². The predicted molar refractivity (Wildman–Crippen MR) is 155 cm³/mol. The fraction of sp³-hybridized carbons (Fsp3) is 0.233. The highest BCUT2D eigenvalue weighted by Crippen LogP contribution is 2.34. The summed E-state index contributed by atoms with van der Waals surface area (Å²) in [5, 5.41) is 6.13. The molecule has 9 heteroatoms. The molecule has 3 amide bonds. The van der Waals surface area contributed by atoms with Crippen molar-refractivity contribution in [3.8, 4) is 0 Å².